The first-order chi connectivity index (χ1) is 12.8. The molecule has 4 nitrogen and oxygen atoms in total. The van der Waals surface area contributed by atoms with Gasteiger partial charge in [0.1, 0.15) is 17.3 Å². The first-order valence-corrected chi connectivity index (χ1v) is 7.48. The molecule has 0 radical (unpaired) electrons. The van der Waals surface area contributed by atoms with Crippen LogP contribution in [0.1, 0.15) is 10.5 Å². The number of benzene rings is 2. The second kappa shape index (κ2) is 7.40. The molecule has 0 saturated carbocycles. The van der Waals surface area contributed by atoms with Gasteiger partial charge in [0.25, 0.3) is 5.91 Å². The highest BCUT2D eigenvalue weighted by atomic mass is 19.2. The van der Waals surface area contributed by atoms with Crippen molar-refractivity contribution in [3.05, 3.63) is 83.4 Å². The van der Waals surface area contributed by atoms with Crippen molar-refractivity contribution in [3.63, 3.8) is 0 Å². The van der Waals surface area contributed by atoms with E-state index in [1.165, 1.54) is 18.3 Å². The smallest absolute Gasteiger partial charge is 0.274 e. The van der Waals surface area contributed by atoms with E-state index in [-0.39, 0.29) is 22.8 Å². The number of hydrogen-bond donors (Lipinski definition) is 2. The maximum Gasteiger partial charge on any atom is 0.274 e. The maximum absolute atomic E-state index is 13.7. The lowest BCUT2D eigenvalue weighted by Crippen LogP contribution is -2.15. The Labute approximate surface area is 149 Å². The summed E-state index contributed by atoms with van der Waals surface area (Å²) in [4.78, 5) is 16.0. The van der Waals surface area contributed by atoms with E-state index in [0.29, 0.717) is 6.07 Å². The predicted molar refractivity (Wildman–Crippen MR) is 88.1 cm³/mol. The van der Waals surface area contributed by atoms with Gasteiger partial charge in [-0.1, -0.05) is 0 Å². The molecule has 1 aromatic heterocycles. The standard InChI is InChI=1S/C18H10F5N3O/c19-9-1-3-13(12(21)7-9)26-18(27)15-8-10(5-6-24-15)25-14-4-2-11(20)16(22)17(14)23/h1-8H,(H,24,25)(H,26,27). The number of aromatic nitrogens is 1. The van der Waals surface area contributed by atoms with Gasteiger partial charge in [0.2, 0.25) is 0 Å². The van der Waals surface area contributed by atoms with Crippen molar-refractivity contribution in [3.8, 4) is 0 Å². The number of amides is 1. The molecule has 1 amide bonds. The van der Waals surface area contributed by atoms with Gasteiger partial charge in [-0.2, -0.15) is 0 Å². The van der Waals surface area contributed by atoms with Gasteiger partial charge in [0, 0.05) is 18.0 Å². The van der Waals surface area contributed by atoms with Gasteiger partial charge in [-0.15, -0.1) is 0 Å². The molecule has 138 valence electrons. The van der Waals surface area contributed by atoms with Crippen molar-refractivity contribution in [1.82, 2.24) is 4.98 Å². The van der Waals surface area contributed by atoms with Crippen molar-refractivity contribution >= 4 is 23.0 Å². The van der Waals surface area contributed by atoms with E-state index in [0.717, 1.165) is 24.3 Å². The van der Waals surface area contributed by atoms with Crippen LogP contribution in [0.3, 0.4) is 0 Å². The summed E-state index contributed by atoms with van der Waals surface area (Å²) in [5, 5.41) is 4.71. The van der Waals surface area contributed by atoms with Crippen LogP contribution < -0.4 is 10.6 Å². The minimum atomic E-state index is -1.64. The summed E-state index contributed by atoms with van der Waals surface area (Å²) in [7, 11) is 0. The van der Waals surface area contributed by atoms with Crippen LogP contribution in [0.4, 0.5) is 39.0 Å². The molecule has 0 saturated heterocycles. The Hall–Kier alpha value is -3.49. The molecular weight excluding hydrogens is 369 g/mol. The van der Waals surface area contributed by atoms with Crippen molar-refractivity contribution in [2.24, 2.45) is 0 Å². The van der Waals surface area contributed by atoms with Gasteiger partial charge < -0.3 is 10.6 Å². The summed E-state index contributed by atoms with van der Waals surface area (Å²) in [5.74, 6) is -6.99. The Morgan fingerprint density at radius 2 is 1.56 bits per heavy atom. The van der Waals surface area contributed by atoms with Crippen molar-refractivity contribution < 1.29 is 26.7 Å². The summed E-state index contributed by atoms with van der Waals surface area (Å²) >= 11 is 0. The summed E-state index contributed by atoms with van der Waals surface area (Å²) in [6, 6.07) is 6.90. The van der Waals surface area contributed by atoms with Gasteiger partial charge in [-0.05, 0) is 36.4 Å². The SMILES string of the molecule is O=C(Nc1ccc(F)cc1F)c1cc(Nc2ccc(F)c(F)c2F)ccn1. The van der Waals surface area contributed by atoms with Crippen LogP contribution in [0, 0.1) is 29.1 Å². The first kappa shape index (κ1) is 18.3. The molecule has 0 atom stereocenters. The number of nitrogens with one attached hydrogen (secondary N) is 2. The summed E-state index contributed by atoms with van der Waals surface area (Å²) in [6.45, 7) is 0. The van der Waals surface area contributed by atoms with E-state index in [2.05, 4.69) is 15.6 Å². The zero-order chi connectivity index (χ0) is 19.6. The monoisotopic (exact) mass is 379 g/mol. The Morgan fingerprint density at radius 3 is 2.30 bits per heavy atom. The minimum absolute atomic E-state index is 0.152. The zero-order valence-corrected chi connectivity index (χ0v) is 13.4. The lowest BCUT2D eigenvalue weighted by Gasteiger charge is -2.10. The summed E-state index contributed by atoms with van der Waals surface area (Å²) < 4.78 is 66.5. The number of nitrogens with zero attached hydrogens (tertiary/aromatic N) is 1. The number of pyridine rings is 1. The lowest BCUT2D eigenvalue weighted by molar-refractivity contribution is 0.102. The van der Waals surface area contributed by atoms with E-state index in [4.69, 9.17) is 0 Å². The average molecular weight is 379 g/mol. The van der Waals surface area contributed by atoms with E-state index >= 15 is 0 Å². The fourth-order valence-electron chi connectivity index (χ4n) is 2.19. The summed E-state index contributed by atoms with van der Waals surface area (Å²) in [5.41, 5.74) is -0.629. The van der Waals surface area contributed by atoms with Gasteiger partial charge in [-0.25, -0.2) is 22.0 Å². The largest absolute Gasteiger partial charge is 0.353 e. The number of anilines is 3. The van der Waals surface area contributed by atoms with E-state index in [1.54, 1.807) is 0 Å². The molecule has 2 aromatic carbocycles. The molecule has 3 rings (SSSR count). The molecule has 0 aliphatic rings. The van der Waals surface area contributed by atoms with Crippen molar-refractivity contribution in [2.75, 3.05) is 10.6 Å². The Morgan fingerprint density at radius 1 is 0.815 bits per heavy atom. The molecule has 2 N–H and O–H groups in total. The molecule has 0 unspecified atom stereocenters. The normalized spacial score (nSPS) is 10.6. The number of rotatable bonds is 4. The third kappa shape index (κ3) is 4.02. The van der Waals surface area contributed by atoms with Crippen LogP contribution in [-0.2, 0) is 0 Å². The van der Waals surface area contributed by atoms with Crippen molar-refractivity contribution in [1.29, 1.82) is 0 Å². The highest BCUT2D eigenvalue weighted by Gasteiger charge is 2.15. The Balaban J connectivity index is 1.81. The third-order valence-electron chi connectivity index (χ3n) is 3.49. The highest BCUT2D eigenvalue weighted by Crippen LogP contribution is 2.24. The fraction of sp³-hybridized carbons (Fsp3) is 0. The van der Waals surface area contributed by atoms with Gasteiger partial charge in [-0.3, -0.25) is 9.78 Å². The fourth-order valence-corrected chi connectivity index (χ4v) is 2.19. The first-order valence-electron chi connectivity index (χ1n) is 7.48. The zero-order valence-electron chi connectivity index (χ0n) is 13.4. The predicted octanol–water partition coefficient (Wildman–Crippen LogP) is 4.77. The van der Waals surface area contributed by atoms with Gasteiger partial charge in [0.15, 0.2) is 17.5 Å². The summed E-state index contributed by atoms with van der Waals surface area (Å²) in [6.07, 6.45) is 1.20. The topological polar surface area (TPSA) is 54.0 Å². The minimum Gasteiger partial charge on any atom is -0.353 e. The molecule has 0 bridgehead atoms. The average Bonchev–Trinajstić information content (AvgIpc) is 2.65. The Kier molecular flexibility index (Phi) is 5.02. The maximum atomic E-state index is 13.7. The molecule has 0 spiro atoms. The number of carbonyl (C=O) groups excluding carboxylic acids is 1. The second-order valence-electron chi connectivity index (χ2n) is 5.36. The van der Waals surface area contributed by atoms with E-state index < -0.39 is 35.0 Å². The van der Waals surface area contributed by atoms with Crippen LogP contribution in [0.5, 0.6) is 0 Å². The quantitative estimate of drug-likeness (QED) is 0.507. The van der Waals surface area contributed by atoms with Crippen LogP contribution in [0.2, 0.25) is 0 Å². The molecular formula is C18H10F5N3O. The van der Waals surface area contributed by atoms with Crippen molar-refractivity contribution in [2.45, 2.75) is 0 Å². The Bertz CT molecular complexity index is 1030. The number of hydrogen-bond acceptors (Lipinski definition) is 3. The highest BCUT2D eigenvalue weighted by molar-refractivity contribution is 6.03. The molecule has 0 aliphatic heterocycles. The molecule has 3 aromatic rings. The molecule has 0 aliphatic carbocycles. The van der Waals surface area contributed by atoms with Crippen LogP contribution in [-0.4, -0.2) is 10.9 Å². The van der Waals surface area contributed by atoms with Crippen LogP contribution in [0.15, 0.2) is 48.7 Å². The molecule has 1 heterocycles. The van der Waals surface area contributed by atoms with E-state index in [1.807, 2.05) is 0 Å². The van der Waals surface area contributed by atoms with Crippen LogP contribution in [0.25, 0.3) is 0 Å². The van der Waals surface area contributed by atoms with Gasteiger partial charge in [0.05, 0.1) is 11.4 Å². The number of halogens is 5. The number of carbonyl (C=O) groups is 1. The third-order valence-corrected chi connectivity index (χ3v) is 3.49. The van der Waals surface area contributed by atoms with E-state index in [9.17, 15) is 26.7 Å². The molecule has 9 heteroatoms. The van der Waals surface area contributed by atoms with Gasteiger partial charge >= 0.3 is 0 Å². The molecule has 0 fully saturated rings. The second-order valence-corrected chi connectivity index (χ2v) is 5.36. The lowest BCUT2D eigenvalue weighted by atomic mass is 10.2. The van der Waals surface area contributed by atoms with Crippen LogP contribution >= 0.6 is 0 Å². The molecule has 27 heavy (non-hydrogen) atoms.